The number of hydrogen-bond acceptors (Lipinski definition) is 5. The summed E-state index contributed by atoms with van der Waals surface area (Å²) in [6, 6.07) is 1.14. The SMILES string of the molecule is CC1CC(n2cc(-c3cc(F)c(F)c(F)c3)nn2)C(O)C(CO)O1. The van der Waals surface area contributed by atoms with Gasteiger partial charge in [0.1, 0.15) is 17.9 Å². The first-order valence-corrected chi connectivity index (χ1v) is 7.41. The van der Waals surface area contributed by atoms with Gasteiger partial charge in [-0.2, -0.15) is 0 Å². The minimum absolute atomic E-state index is 0.0333. The molecule has 9 heteroatoms. The largest absolute Gasteiger partial charge is 0.394 e. The van der Waals surface area contributed by atoms with E-state index in [1.807, 2.05) is 0 Å². The van der Waals surface area contributed by atoms with Crippen LogP contribution < -0.4 is 0 Å². The van der Waals surface area contributed by atoms with Gasteiger partial charge in [0.2, 0.25) is 0 Å². The first-order chi connectivity index (χ1) is 11.4. The summed E-state index contributed by atoms with van der Waals surface area (Å²) >= 11 is 0. The van der Waals surface area contributed by atoms with E-state index in [0.717, 1.165) is 12.1 Å². The average molecular weight is 343 g/mol. The molecule has 24 heavy (non-hydrogen) atoms. The van der Waals surface area contributed by atoms with Gasteiger partial charge >= 0.3 is 0 Å². The van der Waals surface area contributed by atoms with Crippen molar-refractivity contribution in [2.75, 3.05) is 6.61 Å². The molecule has 1 fully saturated rings. The number of hydrogen-bond donors (Lipinski definition) is 2. The van der Waals surface area contributed by atoms with E-state index in [4.69, 9.17) is 4.74 Å². The van der Waals surface area contributed by atoms with Gasteiger partial charge in [-0.25, -0.2) is 17.9 Å². The lowest BCUT2D eigenvalue weighted by molar-refractivity contribution is -0.150. The lowest BCUT2D eigenvalue weighted by Gasteiger charge is -2.37. The van der Waals surface area contributed by atoms with E-state index in [0.29, 0.717) is 6.42 Å². The zero-order chi connectivity index (χ0) is 17.4. The Labute approximate surface area is 135 Å². The number of benzene rings is 1. The molecule has 6 nitrogen and oxygen atoms in total. The molecule has 1 aliphatic rings. The number of rotatable bonds is 3. The summed E-state index contributed by atoms with van der Waals surface area (Å²) in [5.74, 6) is -4.19. The number of aliphatic hydroxyl groups excluding tert-OH is 2. The van der Waals surface area contributed by atoms with E-state index in [9.17, 15) is 23.4 Å². The molecular weight excluding hydrogens is 327 g/mol. The Bertz CT molecular complexity index is 717. The van der Waals surface area contributed by atoms with E-state index in [1.54, 1.807) is 6.92 Å². The van der Waals surface area contributed by atoms with Crippen LogP contribution in [0.1, 0.15) is 19.4 Å². The van der Waals surface area contributed by atoms with Crippen LogP contribution in [0.25, 0.3) is 11.3 Å². The molecule has 0 aliphatic carbocycles. The van der Waals surface area contributed by atoms with Crippen molar-refractivity contribution in [2.45, 2.75) is 37.7 Å². The zero-order valence-electron chi connectivity index (χ0n) is 12.7. The summed E-state index contributed by atoms with van der Waals surface area (Å²) in [4.78, 5) is 0. The molecule has 130 valence electrons. The normalized spacial score (nSPS) is 27.4. The quantitative estimate of drug-likeness (QED) is 0.825. The van der Waals surface area contributed by atoms with Gasteiger partial charge in [-0.15, -0.1) is 5.10 Å². The van der Waals surface area contributed by atoms with Gasteiger partial charge in [-0.1, -0.05) is 5.21 Å². The molecule has 1 saturated heterocycles. The summed E-state index contributed by atoms with van der Waals surface area (Å²) in [6.45, 7) is 1.45. The highest BCUT2D eigenvalue weighted by Crippen LogP contribution is 2.30. The van der Waals surface area contributed by atoms with Gasteiger partial charge < -0.3 is 14.9 Å². The fraction of sp³-hybridized carbons (Fsp3) is 0.467. The molecule has 1 aliphatic heterocycles. The molecular formula is C15H16F3N3O3. The first kappa shape index (κ1) is 16.9. The van der Waals surface area contributed by atoms with Crippen molar-refractivity contribution in [3.05, 3.63) is 35.8 Å². The maximum absolute atomic E-state index is 13.3. The molecule has 0 saturated carbocycles. The smallest absolute Gasteiger partial charge is 0.194 e. The molecule has 4 unspecified atom stereocenters. The first-order valence-electron chi connectivity index (χ1n) is 7.41. The molecule has 2 N–H and O–H groups in total. The Hall–Kier alpha value is -1.97. The van der Waals surface area contributed by atoms with Crippen molar-refractivity contribution >= 4 is 0 Å². The van der Waals surface area contributed by atoms with E-state index in [-0.39, 0.29) is 24.0 Å². The van der Waals surface area contributed by atoms with Crippen molar-refractivity contribution in [3.63, 3.8) is 0 Å². The van der Waals surface area contributed by atoms with E-state index >= 15 is 0 Å². The van der Waals surface area contributed by atoms with Crippen molar-refractivity contribution in [2.24, 2.45) is 0 Å². The summed E-state index contributed by atoms with van der Waals surface area (Å²) in [5.41, 5.74) is 0.172. The minimum Gasteiger partial charge on any atom is -0.394 e. The highest BCUT2D eigenvalue weighted by atomic mass is 19.2. The van der Waals surface area contributed by atoms with Gasteiger partial charge in [0.05, 0.1) is 24.9 Å². The average Bonchev–Trinajstić information content (AvgIpc) is 3.03. The Kier molecular flexibility index (Phi) is 4.57. The predicted molar refractivity (Wildman–Crippen MR) is 76.4 cm³/mol. The monoisotopic (exact) mass is 343 g/mol. The zero-order valence-corrected chi connectivity index (χ0v) is 12.7. The molecule has 2 heterocycles. The second-order valence-electron chi connectivity index (χ2n) is 5.80. The summed E-state index contributed by atoms with van der Waals surface area (Å²) in [5, 5.41) is 27.2. The van der Waals surface area contributed by atoms with Crippen molar-refractivity contribution in [3.8, 4) is 11.3 Å². The molecule has 3 rings (SSSR count). The van der Waals surface area contributed by atoms with Crippen LogP contribution in [0.2, 0.25) is 0 Å². The Morgan fingerprint density at radius 3 is 2.58 bits per heavy atom. The summed E-state index contributed by atoms with van der Waals surface area (Å²) in [6.07, 6.45) is -0.155. The van der Waals surface area contributed by atoms with Crippen molar-refractivity contribution < 1.29 is 28.1 Å². The number of aromatic nitrogens is 3. The minimum atomic E-state index is -1.55. The number of halogens is 3. The van der Waals surface area contributed by atoms with Crippen LogP contribution in [-0.4, -0.2) is 50.1 Å². The second kappa shape index (κ2) is 6.50. The topological polar surface area (TPSA) is 80.4 Å². The third-order valence-electron chi connectivity index (χ3n) is 4.07. The van der Waals surface area contributed by atoms with Crippen LogP contribution in [0.5, 0.6) is 0 Å². The molecule has 1 aromatic heterocycles. The molecule has 0 radical (unpaired) electrons. The fourth-order valence-corrected chi connectivity index (χ4v) is 2.85. The summed E-state index contributed by atoms with van der Waals surface area (Å²) < 4.78 is 46.5. The molecule has 4 atom stereocenters. The third kappa shape index (κ3) is 3.02. The Balaban J connectivity index is 1.90. The van der Waals surface area contributed by atoms with Crippen LogP contribution in [0, 0.1) is 17.5 Å². The van der Waals surface area contributed by atoms with Crippen LogP contribution in [0.15, 0.2) is 18.3 Å². The van der Waals surface area contributed by atoms with Crippen LogP contribution >= 0.6 is 0 Å². The number of aliphatic hydroxyl groups is 2. The summed E-state index contributed by atoms with van der Waals surface area (Å²) in [7, 11) is 0. The van der Waals surface area contributed by atoms with Crippen molar-refractivity contribution in [1.82, 2.24) is 15.0 Å². The van der Waals surface area contributed by atoms with Gasteiger partial charge in [0.25, 0.3) is 0 Å². The van der Waals surface area contributed by atoms with Crippen LogP contribution in [-0.2, 0) is 4.74 Å². The van der Waals surface area contributed by atoms with Gasteiger partial charge in [0, 0.05) is 5.56 Å². The second-order valence-corrected chi connectivity index (χ2v) is 5.80. The molecule has 0 amide bonds. The number of ether oxygens (including phenoxy) is 1. The van der Waals surface area contributed by atoms with Crippen LogP contribution in [0.4, 0.5) is 13.2 Å². The highest BCUT2D eigenvalue weighted by molar-refractivity contribution is 5.57. The third-order valence-corrected chi connectivity index (χ3v) is 4.07. The van der Waals surface area contributed by atoms with Gasteiger partial charge in [-0.05, 0) is 25.5 Å². The Morgan fingerprint density at radius 2 is 1.96 bits per heavy atom. The fourth-order valence-electron chi connectivity index (χ4n) is 2.85. The van der Waals surface area contributed by atoms with Gasteiger partial charge in [0.15, 0.2) is 17.5 Å². The molecule has 2 aromatic rings. The molecule has 0 spiro atoms. The predicted octanol–water partition coefficient (Wildman–Crippen LogP) is 1.43. The highest BCUT2D eigenvalue weighted by Gasteiger charge is 2.37. The van der Waals surface area contributed by atoms with E-state index < -0.39 is 35.7 Å². The van der Waals surface area contributed by atoms with Crippen LogP contribution in [0.3, 0.4) is 0 Å². The van der Waals surface area contributed by atoms with Gasteiger partial charge in [-0.3, -0.25) is 0 Å². The molecule has 0 bridgehead atoms. The number of nitrogens with zero attached hydrogens (tertiary/aromatic N) is 3. The van der Waals surface area contributed by atoms with E-state index in [1.165, 1.54) is 10.9 Å². The molecule has 1 aromatic carbocycles. The Morgan fingerprint density at radius 1 is 1.29 bits per heavy atom. The lowest BCUT2D eigenvalue weighted by atomic mass is 9.96. The maximum Gasteiger partial charge on any atom is 0.194 e. The maximum atomic E-state index is 13.3. The van der Waals surface area contributed by atoms with Crippen molar-refractivity contribution in [1.29, 1.82) is 0 Å². The lowest BCUT2D eigenvalue weighted by Crippen LogP contribution is -2.47. The standard InChI is InChI=1S/C15H16F3N3O3/c1-7-2-12(15(23)13(6-22)24-7)21-5-11(19-20-21)8-3-9(16)14(18)10(17)4-8/h3-5,7,12-13,15,22-23H,2,6H2,1H3. The van der Waals surface area contributed by atoms with E-state index in [2.05, 4.69) is 10.3 Å².